The van der Waals surface area contributed by atoms with E-state index in [1.165, 1.54) is 42.7 Å². The average Bonchev–Trinajstić information content (AvgIpc) is 2.35. The fourth-order valence-electron chi connectivity index (χ4n) is 2.86. The summed E-state index contributed by atoms with van der Waals surface area (Å²) in [4.78, 5) is 2.60. The quantitative estimate of drug-likeness (QED) is 0.862. The molecule has 0 saturated carbocycles. The third kappa shape index (κ3) is 3.05. The van der Waals surface area contributed by atoms with Gasteiger partial charge in [-0.25, -0.2) is 0 Å². The average molecular weight is 246 g/mol. The molecule has 2 heteroatoms. The van der Waals surface area contributed by atoms with Crippen molar-refractivity contribution in [2.24, 2.45) is 0 Å². The molecule has 2 rings (SSSR count). The summed E-state index contributed by atoms with van der Waals surface area (Å²) >= 11 is 0. The second kappa shape index (κ2) is 6.24. The maximum Gasteiger partial charge on any atom is 0.0428 e. The van der Waals surface area contributed by atoms with Crippen LogP contribution >= 0.6 is 0 Å². The summed E-state index contributed by atoms with van der Waals surface area (Å²) in [7, 11) is 0. The fourth-order valence-corrected chi connectivity index (χ4v) is 2.86. The monoisotopic (exact) mass is 246 g/mol. The Kier molecular flexibility index (Phi) is 4.65. The number of nitrogens with one attached hydrogen (secondary N) is 1. The summed E-state index contributed by atoms with van der Waals surface area (Å²) in [6.45, 7) is 10.3. The van der Waals surface area contributed by atoms with Crippen molar-refractivity contribution < 1.29 is 0 Å². The van der Waals surface area contributed by atoms with Crippen LogP contribution in [0.2, 0.25) is 0 Å². The number of benzene rings is 1. The van der Waals surface area contributed by atoms with Gasteiger partial charge in [0.25, 0.3) is 0 Å². The molecule has 0 spiro atoms. The summed E-state index contributed by atoms with van der Waals surface area (Å²) < 4.78 is 0. The van der Waals surface area contributed by atoms with Crippen LogP contribution in [0.1, 0.15) is 37.8 Å². The summed E-state index contributed by atoms with van der Waals surface area (Å²) in [5.74, 6) is 0. The van der Waals surface area contributed by atoms with Gasteiger partial charge in [0.15, 0.2) is 0 Å². The number of hydrogen-bond acceptors (Lipinski definition) is 2. The van der Waals surface area contributed by atoms with Gasteiger partial charge in [0, 0.05) is 24.8 Å². The van der Waals surface area contributed by atoms with Gasteiger partial charge in [0.2, 0.25) is 0 Å². The molecule has 0 aromatic heterocycles. The molecular formula is C16H26N2. The molecule has 0 amide bonds. The number of rotatable bonds is 2. The third-order valence-corrected chi connectivity index (χ3v) is 3.95. The molecular weight excluding hydrogens is 220 g/mol. The molecule has 0 aliphatic carbocycles. The van der Waals surface area contributed by atoms with Gasteiger partial charge >= 0.3 is 0 Å². The first kappa shape index (κ1) is 13.4. The van der Waals surface area contributed by atoms with Gasteiger partial charge in [-0.15, -0.1) is 0 Å². The van der Waals surface area contributed by atoms with Crippen LogP contribution in [0.4, 0.5) is 5.69 Å². The SMILES string of the molecule is CCc1cccc(C)c1N1CCCNC(C)CC1. The maximum absolute atomic E-state index is 3.57. The van der Waals surface area contributed by atoms with E-state index < -0.39 is 0 Å². The van der Waals surface area contributed by atoms with Gasteiger partial charge in [-0.2, -0.15) is 0 Å². The fraction of sp³-hybridized carbons (Fsp3) is 0.625. The zero-order valence-corrected chi connectivity index (χ0v) is 12.0. The minimum atomic E-state index is 0.641. The lowest BCUT2D eigenvalue weighted by molar-refractivity contribution is 0.474. The molecule has 0 radical (unpaired) electrons. The van der Waals surface area contributed by atoms with E-state index >= 15 is 0 Å². The molecule has 1 unspecified atom stereocenters. The van der Waals surface area contributed by atoms with Crippen molar-refractivity contribution in [1.82, 2.24) is 5.32 Å². The highest BCUT2D eigenvalue weighted by Crippen LogP contribution is 2.26. The van der Waals surface area contributed by atoms with Crippen molar-refractivity contribution >= 4 is 5.69 Å². The standard InChI is InChI=1S/C16H26N2/c1-4-15-8-5-7-13(2)16(15)18-11-6-10-17-14(3)9-12-18/h5,7-8,14,17H,4,6,9-12H2,1-3H3. The number of para-hydroxylation sites is 1. The van der Waals surface area contributed by atoms with Crippen molar-refractivity contribution in [2.75, 3.05) is 24.5 Å². The Morgan fingerprint density at radius 3 is 2.94 bits per heavy atom. The third-order valence-electron chi connectivity index (χ3n) is 3.95. The highest BCUT2D eigenvalue weighted by Gasteiger charge is 2.16. The highest BCUT2D eigenvalue weighted by molar-refractivity contribution is 5.59. The zero-order chi connectivity index (χ0) is 13.0. The first-order valence-electron chi connectivity index (χ1n) is 7.29. The van der Waals surface area contributed by atoms with Crippen LogP contribution in [-0.4, -0.2) is 25.7 Å². The topological polar surface area (TPSA) is 15.3 Å². The number of nitrogens with zero attached hydrogens (tertiary/aromatic N) is 1. The lowest BCUT2D eigenvalue weighted by atomic mass is 10.0. The van der Waals surface area contributed by atoms with Crippen LogP contribution in [0.25, 0.3) is 0 Å². The first-order chi connectivity index (χ1) is 8.72. The summed E-state index contributed by atoms with van der Waals surface area (Å²) in [6.07, 6.45) is 3.60. The van der Waals surface area contributed by atoms with Crippen LogP contribution in [0.5, 0.6) is 0 Å². The Morgan fingerprint density at radius 1 is 1.33 bits per heavy atom. The van der Waals surface area contributed by atoms with E-state index in [0.717, 1.165) is 13.0 Å². The summed E-state index contributed by atoms with van der Waals surface area (Å²) in [5.41, 5.74) is 4.42. The smallest absolute Gasteiger partial charge is 0.0428 e. The lowest BCUT2D eigenvalue weighted by Crippen LogP contribution is -2.39. The molecule has 1 N–H and O–H groups in total. The Hall–Kier alpha value is -1.02. The van der Waals surface area contributed by atoms with Crippen molar-refractivity contribution in [3.8, 4) is 0 Å². The van der Waals surface area contributed by atoms with Gasteiger partial charge in [0.1, 0.15) is 0 Å². The van der Waals surface area contributed by atoms with Crippen LogP contribution in [0.3, 0.4) is 0 Å². The predicted octanol–water partition coefficient (Wildman–Crippen LogP) is 3.14. The van der Waals surface area contributed by atoms with Crippen LogP contribution < -0.4 is 10.2 Å². The largest absolute Gasteiger partial charge is 0.371 e. The van der Waals surface area contributed by atoms with E-state index in [9.17, 15) is 0 Å². The molecule has 1 aromatic rings. The second-order valence-electron chi connectivity index (χ2n) is 5.42. The van der Waals surface area contributed by atoms with Gasteiger partial charge in [-0.05, 0) is 50.8 Å². The molecule has 18 heavy (non-hydrogen) atoms. The van der Waals surface area contributed by atoms with E-state index in [-0.39, 0.29) is 0 Å². The maximum atomic E-state index is 3.57. The number of anilines is 1. The summed E-state index contributed by atoms with van der Waals surface area (Å²) in [6, 6.07) is 7.35. The van der Waals surface area contributed by atoms with Gasteiger partial charge in [0.05, 0.1) is 0 Å². The van der Waals surface area contributed by atoms with Crippen LogP contribution in [0.15, 0.2) is 18.2 Å². The molecule has 0 bridgehead atoms. The molecule has 1 heterocycles. The normalized spacial score (nSPS) is 21.5. The Bertz CT molecular complexity index is 387. The van der Waals surface area contributed by atoms with Crippen molar-refractivity contribution in [1.29, 1.82) is 0 Å². The first-order valence-corrected chi connectivity index (χ1v) is 7.29. The molecule has 1 fully saturated rings. The second-order valence-corrected chi connectivity index (χ2v) is 5.42. The van der Waals surface area contributed by atoms with Gasteiger partial charge < -0.3 is 10.2 Å². The summed E-state index contributed by atoms with van der Waals surface area (Å²) in [5, 5.41) is 3.57. The molecule has 2 nitrogen and oxygen atoms in total. The Labute approximate surface area is 111 Å². The minimum absolute atomic E-state index is 0.641. The van der Waals surface area contributed by atoms with E-state index in [1.54, 1.807) is 0 Å². The van der Waals surface area contributed by atoms with E-state index in [4.69, 9.17) is 0 Å². The van der Waals surface area contributed by atoms with Gasteiger partial charge in [-0.1, -0.05) is 25.1 Å². The van der Waals surface area contributed by atoms with Crippen LogP contribution in [0, 0.1) is 6.92 Å². The molecule has 1 atom stereocenters. The van der Waals surface area contributed by atoms with E-state index in [0.29, 0.717) is 6.04 Å². The minimum Gasteiger partial charge on any atom is -0.371 e. The molecule has 1 saturated heterocycles. The predicted molar refractivity (Wildman–Crippen MR) is 79.5 cm³/mol. The molecule has 1 aliphatic rings. The van der Waals surface area contributed by atoms with E-state index in [2.05, 4.69) is 49.2 Å². The van der Waals surface area contributed by atoms with Crippen molar-refractivity contribution in [3.63, 3.8) is 0 Å². The number of hydrogen-bond donors (Lipinski definition) is 1. The highest BCUT2D eigenvalue weighted by atomic mass is 15.1. The van der Waals surface area contributed by atoms with Crippen molar-refractivity contribution in [3.05, 3.63) is 29.3 Å². The zero-order valence-electron chi connectivity index (χ0n) is 12.0. The lowest BCUT2D eigenvalue weighted by Gasteiger charge is -2.32. The number of aryl methyl sites for hydroxylation is 2. The molecule has 100 valence electrons. The van der Waals surface area contributed by atoms with E-state index in [1.807, 2.05) is 0 Å². The molecule has 1 aliphatic heterocycles. The van der Waals surface area contributed by atoms with Crippen molar-refractivity contribution in [2.45, 2.75) is 46.1 Å². The van der Waals surface area contributed by atoms with Crippen LogP contribution in [-0.2, 0) is 6.42 Å². The van der Waals surface area contributed by atoms with Gasteiger partial charge in [-0.3, -0.25) is 0 Å². The molecule has 1 aromatic carbocycles. The Balaban J connectivity index is 2.23. The Morgan fingerprint density at radius 2 is 2.17 bits per heavy atom.